The van der Waals surface area contributed by atoms with Crippen LogP contribution in [-0.2, 0) is 0 Å². The number of hydrogen-bond acceptors (Lipinski definition) is 3. The van der Waals surface area contributed by atoms with Crippen LogP contribution in [0.1, 0.15) is 10.5 Å². The smallest absolute Gasteiger partial charge is 0.275 e. The number of carbonyl (C=O) groups excluding carboxylic acids is 1. The van der Waals surface area contributed by atoms with Crippen LogP contribution < -0.4 is 5.32 Å². The third-order valence-electron chi connectivity index (χ3n) is 2.86. The first-order valence-electron chi connectivity index (χ1n) is 6.12. The molecule has 0 saturated carbocycles. The molecule has 104 valence electrons. The molecular formula is C15H9F2N3O. The van der Waals surface area contributed by atoms with E-state index in [0.717, 1.165) is 18.2 Å². The molecule has 0 radical (unpaired) electrons. The number of fused-ring (bicyclic) bond motifs is 1. The quantitative estimate of drug-likeness (QED) is 0.787. The minimum absolute atomic E-state index is 0.0253. The predicted octanol–water partition coefficient (Wildman–Crippen LogP) is 3.16. The van der Waals surface area contributed by atoms with Gasteiger partial charge < -0.3 is 5.32 Å². The maximum Gasteiger partial charge on any atom is 0.275 e. The molecule has 0 unspecified atom stereocenters. The Labute approximate surface area is 118 Å². The summed E-state index contributed by atoms with van der Waals surface area (Å²) in [6.07, 6.45) is 1.29. The second-order valence-electron chi connectivity index (χ2n) is 4.32. The minimum atomic E-state index is -0.724. The van der Waals surface area contributed by atoms with E-state index in [0.29, 0.717) is 11.0 Å². The van der Waals surface area contributed by atoms with E-state index in [9.17, 15) is 13.6 Å². The Morgan fingerprint density at radius 2 is 1.81 bits per heavy atom. The average molecular weight is 285 g/mol. The fourth-order valence-electron chi connectivity index (χ4n) is 1.85. The number of para-hydroxylation sites is 2. The molecule has 1 heterocycles. The van der Waals surface area contributed by atoms with Crippen LogP contribution >= 0.6 is 0 Å². The first kappa shape index (κ1) is 13.1. The Bertz CT molecular complexity index is 836. The van der Waals surface area contributed by atoms with Gasteiger partial charge in [0.25, 0.3) is 5.91 Å². The van der Waals surface area contributed by atoms with E-state index < -0.39 is 17.5 Å². The summed E-state index contributed by atoms with van der Waals surface area (Å²) in [4.78, 5) is 20.2. The molecule has 0 saturated heterocycles. The molecule has 0 aliphatic carbocycles. The summed E-state index contributed by atoms with van der Waals surface area (Å²) in [6.45, 7) is 0. The van der Waals surface area contributed by atoms with E-state index in [1.165, 1.54) is 6.20 Å². The largest absolute Gasteiger partial charge is 0.318 e. The van der Waals surface area contributed by atoms with Crippen molar-refractivity contribution >= 4 is 22.6 Å². The fraction of sp³-hybridized carbons (Fsp3) is 0. The third kappa shape index (κ3) is 2.69. The van der Waals surface area contributed by atoms with Crippen LogP contribution in [0, 0.1) is 11.6 Å². The average Bonchev–Trinajstić information content (AvgIpc) is 2.50. The normalized spacial score (nSPS) is 10.6. The molecule has 1 N–H and O–H groups in total. The second-order valence-corrected chi connectivity index (χ2v) is 4.32. The van der Waals surface area contributed by atoms with Crippen LogP contribution in [0.25, 0.3) is 11.0 Å². The molecule has 2 aromatic carbocycles. The number of hydrogen-bond donors (Lipinski definition) is 1. The van der Waals surface area contributed by atoms with Crippen molar-refractivity contribution in [2.24, 2.45) is 0 Å². The van der Waals surface area contributed by atoms with Crippen molar-refractivity contribution in [1.29, 1.82) is 0 Å². The highest BCUT2D eigenvalue weighted by atomic mass is 19.1. The molecule has 0 spiro atoms. The molecule has 0 bridgehead atoms. The van der Waals surface area contributed by atoms with E-state index in [-0.39, 0.29) is 11.4 Å². The molecule has 0 fully saturated rings. The Morgan fingerprint density at radius 3 is 2.62 bits per heavy atom. The highest BCUT2D eigenvalue weighted by Crippen LogP contribution is 2.16. The van der Waals surface area contributed by atoms with Gasteiger partial charge in [-0.2, -0.15) is 0 Å². The second kappa shape index (κ2) is 5.24. The van der Waals surface area contributed by atoms with Gasteiger partial charge in [0.15, 0.2) is 0 Å². The lowest BCUT2D eigenvalue weighted by molar-refractivity contribution is 0.102. The molecule has 1 amide bonds. The zero-order valence-electron chi connectivity index (χ0n) is 10.7. The molecule has 4 nitrogen and oxygen atoms in total. The first-order chi connectivity index (χ1) is 10.1. The highest BCUT2D eigenvalue weighted by Gasteiger charge is 2.12. The van der Waals surface area contributed by atoms with Gasteiger partial charge in [0.1, 0.15) is 17.3 Å². The zero-order valence-corrected chi connectivity index (χ0v) is 10.7. The van der Waals surface area contributed by atoms with Crippen molar-refractivity contribution in [2.45, 2.75) is 0 Å². The van der Waals surface area contributed by atoms with Crippen molar-refractivity contribution in [3.05, 3.63) is 66.0 Å². The summed E-state index contributed by atoms with van der Waals surface area (Å²) in [6, 6.07) is 9.86. The molecule has 0 aliphatic rings. The van der Waals surface area contributed by atoms with Crippen molar-refractivity contribution in [1.82, 2.24) is 9.97 Å². The van der Waals surface area contributed by atoms with Gasteiger partial charge in [0, 0.05) is 6.07 Å². The molecule has 3 rings (SSSR count). The molecule has 3 aromatic rings. The maximum absolute atomic E-state index is 13.5. The van der Waals surface area contributed by atoms with Gasteiger partial charge in [0.05, 0.1) is 22.9 Å². The van der Waals surface area contributed by atoms with Gasteiger partial charge in [-0.25, -0.2) is 13.8 Å². The number of nitrogens with one attached hydrogen (secondary N) is 1. The number of benzene rings is 2. The molecule has 6 heteroatoms. The van der Waals surface area contributed by atoms with Gasteiger partial charge in [0.2, 0.25) is 0 Å². The Balaban J connectivity index is 1.91. The lowest BCUT2D eigenvalue weighted by Crippen LogP contribution is -2.15. The standard InChI is InChI=1S/C15H9F2N3O/c16-9-5-6-10(17)13(7-9)20-15(21)14-8-18-11-3-1-2-4-12(11)19-14/h1-8H,(H,20,21). The number of aromatic nitrogens is 2. The number of amides is 1. The van der Waals surface area contributed by atoms with E-state index in [1.807, 2.05) is 0 Å². The summed E-state index contributed by atoms with van der Waals surface area (Å²) in [5, 5.41) is 2.28. The summed E-state index contributed by atoms with van der Waals surface area (Å²) in [7, 11) is 0. The molecule has 21 heavy (non-hydrogen) atoms. The number of carbonyl (C=O) groups is 1. The predicted molar refractivity (Wildman–Crippen MR) is 73.8 cm³/mol. The summed E-state index contributed by atoms with van der Waals surface area (Å²) in [5.41, 5.74) is 0.975. The lowest BCUT2D eigenvalue weighted by Gasteiger charge is -2.06. The van der Waals surface area contributed by atoms with Crippen LogP contribution in [0.4, 0.5) is 14.5 Å². The van der Waals surface area contributed by atoms with Gasteiger partial charge in [-0.3, -0.25) is 9.78 Å². The monoisotopic (exact) mass is 285 g/mol. The Morgan fingerprint density at radius 1 is 1.05 bits per heavy atom. The van der Waals surface area contributed by atoms with Crippen molar-refractivity contribution in [2.75, 3.05) is 5.32 Å². The summed E-state index contributed by atoms with van der Waals surface area (Å²) < 4.78 is 26.5. The maximum atomic E-state index is 13.5. The zero-order chi connectivity index (χ0) is 14.8. The molecular weight excluding hydrogens is 276 g/mol. The van der Waals surface area contributed by atoms with Gasteiger partial charge in [-0.05, 0) is 24.3 Å². The van der Waals surface area contributed by atoms with Crippen molar-refractivity contribution < 1.29 is 13.6 Å². The van der Waals surface area contributed by atoms with Crippen LogP contribution in [0.3, 0.4) is 0 Å². The number of rotatable bonds is 2. The van der Waals surface area contributed by atoms with E-state index in [4.69, 9.17) is 0 Å². The first-order valence-corrected chi connectivity index (χ1v) is 6.12. The molecule has 0 aliphatic heterocycles. The van der Waals surface area contributed by atoms with Crippen LogP contribution in [-0.4, -0.2) is 15.9 Å². The minimum Gasteiger partial charge on any atom is -0.318 e. The number of anilines is 1. The summed E-state index contributed by atoms with van der Waals surface area (Å²) in [5.74, 6) is -2.02. The Kier molecular flexibility index (Phi) is 3.27. The SMILES string of the molecule is O=C(Nc1cc(F)ccc1F)c1cnc2ccccc2n1. The van der Waals surface area contributed by atoms with Crippen LogP contribution in [0.2, 0.25) is 0 Å². The number of nitrogens with zero attached hydrogens (tertiary/aromatic N) is 2. The molecule has 0 atom stereocenters. The van der Waals surface area contributed by atoms with Crippen molar-refractivity contribution in [3.8, 4) is 0 Å². The third-order valence-corrected chi connectivity index (χ3v) is 2.86. The van der Waals surface area contributed by atoms with E-state index in [2.05, 4.69) is 15.3 Å². The van der Waals surface area contributed by atoms with Crippen LogP contribution in [0.15, 0.2) is 48.7 Å². The van der Waals surface area contributed by atoms with Crippen LogP contribution in [0.5, 0.6) is 0 Å². The van der Waals surface area contributed by atoms with Crippen molar-refractivity contribution in [3.63, 3.8) is 0 Å². The lowest BCUT2D eigenvalue weighted by atomic mass is 10.2. The van der Waals surface area contributed by atoms with Gasteiger partial charge in [-0.15, -0.1) is 0 Å². The van der Waals surface area contributed by atoms with Gasteiger partial charge >= 0.3 is 0 Å². The summed E-state index contributed by atoms with van der Waals surface area (Å²) >= 11 is 0. The molecule has 1 aromatic heterocycles. The fourth-order valence-corrected chi connectivity index (χ4v) is 1.85. The highest BCUT2D eigenvalue weighted by molar-refractivity contribution is 6.03. The van der Waals surface area contributed by atoms with Gasteiger partial charge in [-0.1, -0.05) is 12.1 Å². The number of halogens is 2. The van der Waals surface area contributed by atoms with E-state index >= 15 is 0 Å². The van der Waals surface area contributed by atoms with E-state index in [1.54, 1.807) is 24.3 Å². The Hall–Kier alpha value is -2.89. The topological polar surface area (TPSA) is 54.9 Å².